The molecule has 3 fully saturated rings. The van der Waals surface area contributed by atoms with Gasteiger partial charge in [-0.15, -0.1) is 0 Å². The molecule has 0 saturated heterocycles. The molecule has 3 aliphatic carbocycles. The van der Waals surface area contributed by atoms with Crippen molar-refractivity contribution < 1.29 is 72.4 Å². The van der Waals surface area contributed by atoms with Crippen LogP contribution in [-0.4, -0.2) is 131 Å². The summed E-state index contributed by atoms with van der Waals surface area (Å²) in [6.07, 6.45) is 19.5. The molecular weight excluding hydrogens is 1300 g/mol. The van der Waals surface area contributed by atoms with Gasteiger partial charge in [0.1, 0.15) is 35.1 Å². The number of nitrogens with zero attached hydrogens (tertiary/aromatic N) is 12. The standard InChI is InChI=1S/3C23H21ClN4O4/c3*1-13(23(30)31)28-22(29)17-5-3-2-4-16(17)19(26-28)8-15-10-27-11-20(32-12-14-6-7-14)18(24)9-21(27)25-15/h3*2-5,9-11,13-14,19H,6-8,12H2,1H3/p+3/t2*13-,19?;/m10./s1. The van der Waals surface area contributed by atoms with Crippen molar-refractivity contribution in [3.8, 4) is 17.2 Å². The van der Waals surface area contributed by atoms with E-state index < -0.39 is 71.9 Å². The molecule has 3 aromatic carbocycles. The number of aromatic nitrogens is 6. The van der Waals surface area contributed by atoms with Gasteiger partial charge in [0, 0.05) is 93.5 Å². The van der Waals surface area contributed by atoms with Crippen molar-refractivity contribution in [2.24, 2.45) is 33.1 Å². The number of ether oxygens (including phenoxy) is 3. The summed E-state index contributed by atoms with van der Waals surface area (Å²) in [6, 6.07) is 22.3. The Hall–Kier alpha value is -9.78. The maximum atomic E-state index is 12.8. The Morgan fingerprint density at radius 2 is 0.708 bits per heavy atom. The lowest BCUT2D eigenvalue weighted by molar-refractivity contribution is -0.529. The fourth-order valence-electron chi connectivity index (χ4n) is 11.5. The second kappa shape index (κ2) is 27.1. The zero-order chi connectivity index (χ0) is 67.2. The molecule has 3 aliphatic heterocycles. The third kappa shape index (κ3) is 14.1. The van der Waals surface area contributed by atoms with Gasteiger partial charge in [-0.05, 0) is 104 Å². The number of carbonyl (C=O) groups excluding carboxylic acids is 3. The van der Waals surface area contributed by atoms with E-state index in [4.69, 9.17) is 49.0 Å². The van der Waals surface area contributed by atoms with Crippen molar-refractivity contribution in [3.05, 3.63) is 194 Å². The van der Waals surface area contributed by atoms with Gasteiger partial charge in [0.15, 0.2) is 17.2 Å². The number of imidazole rings is 3. The molecule has 9 aromatic rings. The highest BCUT2D eigenvalue weighted by atomic mass is 35.5. The third-order valence-electron chi connectivity index (χ3n) is 17.6. The molecule has 96 heavy (non-hydrogen) atoms. The number of fused-ring (bicyclic) bond motifs is 6. The molecule has 0 radical (unpaired) electrons. The van der Waals surface area contributed by atoms with Gasteiger partial charge in [-0.1, -0.05) is 89.4 Å². The van der Waals surface area contributed by atoms with E-state index in [-0.39, 0.29) is 0 Å². The number of hydrogen-bond acceptors (Lipinski definition) is 15. The molecule has 6 aliphatic rings. The number of pyridine rings is 3. The summed E-state index contributed by atoms with van der Waals surface area (Å²) in [5, 5.41) is 43.2. The molecule has 0 spiro atoms. The molecule has 3 amide bonds. The number of hydrogen-bond donors (Lipinski definition) is 3. The van der Waals surface area contributed by atoms with Crippen LogP contribution >= 0.6 is 34.8 Å². The zero-order valence-electron chi connectivity index (χ0n) is 52.3. The minimum absolute atomic E-state index is 0.407. The van der Waals surface area contributed by atoms with Crippen molar-refractivity contribution in [2.45, 2.75) is 115 Å². The number of carboxylic acid groups (broad SMARTS) is 3. The minimum atomic E-state index is -1.11. The van der Waals surface area contributed by atoms with E-state index in [9.17, 15) is 44.1 Å². The Balaban J connectivity index is 0.000000130. The van der Waals surface area contributed by atoms with Crippen LogP contribution in [0.2, 0.25) is 15.1 Å². The fraction of sp³-hybridized carbons (Fsp3) is 0.348. The van der Waals surface area contributed by atoms with Crippen molar-refractivity contribution >= 4 is 87.4 Å². The van der Waals surface area contributed by atoms with Gasteiger partial charge < -0.3 is 42.7 Å². The van der Waals surface area contributed by atoms with E-state index >= 15 is 0 Å². The predicted octanol–water partition coefficient (Wildman–Crippen LogP) is 12.5. The monoisotopic (exact) mass is 1360 g/mol. The second-order valence-electron chi connectivity index (χ2n) is 25.0. The number of aliphatic carboxylic acids is 3. The lowest BCUT2D eigenvalue weighted by atomic mass is 9.95. The van der Waals surface area contributed by atoms with Crippen LogP contribution in [0.25, 0.3) is 16.9 Å². The van der Waals surface area contributed by atoms with Gasteiger partial charge in [-0.3, -0.25) is 0 Å². The van der Waals surface area contributed by atoms with Crippen LogP contribution < -0.4 is 14.2 Å². The van der Waals surface area contributed by atoms with E-state index in [1.807, 2.05) is 86.8 Å². The molecule has 3 saturated carbocycles. The lowest BCUT2D eigenvalue weighted by Crippen LogP contribution is -2.38. The molecule has 6 aromatic heterocycles. The highest BCUT2D eigenvalue weighted by molar-refractivity contribution is 6.33. The summed E-state index contributed by atoms with van der Waals surface area (Å²) in [7, 11) is 0. The Morgan fingerprint density at radius 1 is 0.448 bits per heavy atom. The number of benzene rings is 3. The Labute approximate surface area is 563 Å². The number of rotatable bonds is 21. The lowest BCUT2D eigenvalue weighted by Gasteiger charge is -2.17. The second-order valence-corrected chi connectivity index (χ2v) is 26.2. The van der Waals surface area contributed by atoms with Crippen molar-refractivity contribution in [1.82, 2.24) is 28.2 Å². The zero-order valence-corrected chi connectivity index (χ0v) is 54.6. The first-order chi connectivity index (χ1) is 46.2. The van der Waals surface area contributed by atoms with Crippen LogP contribution in [0.3, 0.4) is 0 Å². The maximum absolute atomic E-state index is 12.8. The average molecular weight is 1360 g/mol. The molecule has 3 N–H and O–H groups in total. The van der Waals surface area contributed by atoms with E-state index in [0.29, 0.717) is 123 Å². The van der Waals surface area contributed by atoms with E-state index in [2.05, 4.69) is 30.3 Å². The van der Waals surface area contributed by atoms with Crippen LogP contribution in [-0.2, 0) is 33.6 Å². The molecule has 4 unspecified atom stereocenters. The number of azo groups is 6. The third-order valence-corrected chi connectivity index (χ3v) is 18.5. The normalized spacial score (nSPS) is 18.9. The van der Waals surface area contributed by atoms with E-state index in [1.54, 1.807) is 54.6 Å². The first kappa shape index (κ1) is 64.9. The van der Waals surface area contributed by atoms with Gasteiger partial charge in [-0.2, -0.15) is 0 Å². The molecule has 492 valence electrons. The molecule has 9 heterocycles. The number of halogens is 3. The quantitative estimate of drug-likeness (QED) is 0.0564. The number of carboxylic acids is 3. The highest BCUT2D eigenvalue weighted by Crippen LogP contribution is 2.39. The average Bonchev–Trinajstić information content (AvgIpc) is 1.80. The van der Waals surface area contributed by atoms with Gasteiger partial charge in [0.2, 0.25) is 0 Å². The fourth-order valence-corrected chi connectivity index (χ4v) is 12.1. The topological polar surface area (TPSA) is 289 Å². The smallest absolute Gasteiger partial charge is 0.444 e. The van der Waals surface area contributed by atoms with Crippen LogP contribution in [0, 0.1) is 17.8 Å². The maximum Gasteiger partial charge on any atom is 0.444 e. The molecule has 24 nitrogen and oxygen atoms in total. The SMILES string of the molecule is CC(C(=O)O)[N+]1=NC(Cc2cn3cc(OCC4CC4)c(Cl)cc3n2)c2ccccc2C1=O.C[C@@H](C(=O)O)[N+]1=NC(Cc2cn3cc(OCC4CC4)c(Cl)cc3n2)c2ccccc2C1=O.C[C@H](C(=O)O)[N+]1=NC(Cc2cn3cc(OCC4CC4)c(Cl)cc3n2)c2ccccc2C1=O. The molecule has 6 atom stereocenters. The van der Waals surface area contributed by atoms with Crippen molar-refractivity contribution in [1.29, 1.82) is 0 Å². The predicted molar refractivity (Wildman–Crippen MR) is 346 cm³/mol. The van der Waals surface area contributed by atoms with Gasteiger partial charge >= 0.3 is 35.6 Å². The summed E-state index contributed by atoms with van der Waals surface area (Å²) in [6.45, 7) is 6.34. The number of amides is 3. The Morgan fingerprint density at radius 3 is 0.958 bits per heavy atom. The summed E-state index contributed by atoms with van der Waals surface area (Å²) < 4.78 is 26.3. The first-order valence-corrected chi connectivity index (χ1v) is 32.8. The highest BCUT2D eigenvalue weighted by Gasteiger charge is 2.45. The van der Waals surface area contributed by atoms with Crippen molar-refractivity contribution in [3.63, 3.8) is 0 Å². The van der Waals surface area contributed by atoms with Crippen LogP contribution in [0.4, 0.5) is 0 Å². The molecular formula is C69H66Cl3N12O12+3. The summed E-state index contributed by atoms with van der Waals surface area (Å²) in [4.78, 5) is 86.9. The minimum Gasteiger partial charge on any atom is -0.490 e. The summed E-state index contributed by atoms with van der Waals surface area (Å²) in [5.41, 5.74) is 7.96. The van der Waals surface area contributed by atoms with Gasteiger partial charge in [0.25, 0.3) is 18.1 Å². The van der Waals surface area contributed by atoms with Crippen LogP contribution in [0.1, 0.15) is 142 Å². The van der Waals surface area contributed by atoms with E-state index in [0.717, 1.165) is 47.9 Å². The van der Waals surface area contributed by atoms with Gasteiger partial charge in [-0.25, -0.2) is 43.7 Å². The molecule has 0 bridgehead atoms. The van der Waals surface area contributed by atoms with Crippen LogP contribution in [0.15, 0.2) is 144 Å². The Kier molecular flexibility index (Phi) is 18.4. The number of carbonyl (C=O) groups is 6. The summed E-state index contributed by atoms with van der Waals surface area (Å²) >= 11 is 19.1. The van der Waals surface area contributed by atoms with Gasteiger partial charge in [0.05, 0.1) is 87.3 Å². The van der Waals surface area contributed by atoms with E-state index in [1.165, 1.54) is 59.3 Å². The van der Waals surface area contributed by atoms with Crippen molar-refractivity contribution in [2.75, 3.05) is 19.8 Å². The molecule has 27 heteroatoms. The Bertz CT molecular complexity index is 4260. The summed E-state index contributed by atoms with van der Waals surface area (Å²) in [5.74, 6) is -0.850. The largest absolute Gasteiger partial charge is 0.490 e. The first-order valence-electron chi connectivity index (χ1n) is 31.7. The molecule has 15 rings (SSSR count). The van der Waals surface area contributed by atoms with Crippen LogP contribution in [0.5, 0.6) is 17.2 Å².